The van der Waals surface area contributed by atoms with Crippen molar-refractivity contribution in [2.24, 2.45) is 0 Å². The van der Waals surface area contributed by atoms with Gasteiger partial charge in [0.25, 0.3) is 21.5 Å². The molecule has 0 aliphatic carbocycles. The summed E-state index contributed by atoms with van der Waals surface area (Å²) in [6.45, 7) is 0. The van der Waals surface area contributed by atoms with E-state index in [1.165, 1.54) is 29.0 Å². The minimum atomic E-state index is -5.69. The van der Waals surface area contributed by atoms with Crippen LogP contribution in [0.3, 0.4) is 0 Å². The van der Waals surface area contributed by atoms with Gasteiger partial charge < -0.3 is 11.1 Å². The second-order valence-electron chi connectivity index (χ2n) is 6.51. The zero-order chi connectivity index (χ0) is 24.3. The van der Waals surface area contributed by atoms with Gasteiger partial charge in [0.05, 0.1) is 11.3 Å². The van der Waals surface area contributed by atoms with E-state index >= 15 is 0 Å². The van der Waals surface area contributed by atoms with Gasteiger partial charge in [0.1, 0.15) is 5.82 Å². The van der Waals surface area contributed by atoms with Gasteiger partial charge in [0, 0.05) is 5.02 Å². The third-order valence-electron chi connectivity index (χ3n) is 4.49. The van der Waals surface area contributed by atoms with Crippen molar-refractivity contribution in [3.8, 4) is 5.69 Å². The molecule has 0 radical (unpaired) electrons. The number of H-pyrrole nitrogens is 1. The summed E-state index contributed by atoms with van der Waals surface area (Å²) in [5, 5.41) is 7.90. The summed E-state index contributed by atoms with van der Waals surface area (Å²) in [5.74, 6) is -2.87. The maximum atomic E-state index is 14.4. The highest BCUT2D eigenvalue weighted by Crippen LogP contribution is 2.46. The number of aromatic nitrogens is 4. The predicted molar refractivity (Wildman–Crippen MR) is 109 cm³/mol. The maximum Gasteiger partial charge on any atom is 0.421 e. The van der Waals surface area contributed by atoms with Crippen molar-refractivity contribution in [1.82, 2.24) is 24.5 Å². The SMILES string of the molecule is Nc1nnc(S(=O)(=O)NC2(C(F)(F)F)C(=O)Nc3c2c(=O)[nH]c(=O)n3-c2cccc(Cl)c2)s1. The molecule has 3 aromatic rings. The first kappa shape index (κ1) is 22.9. The molecule has 174 valence electrons. The summed E-state index contributed by atoms with van der Waals surface area (Å²) in [4.78, 5) is 39.4. The van der Waals surface area contributed by atoms with Crippen LogP contribution in [0.1, 0.15) is 5.56 Å². The number of nitrogens with two attached hydrogens (primary N) is 1. The van der Waals surface area contributed by atoms with Gasteiger partial charge >= 0.3 is 11.9 Å². The molecule has 12 nitrogen and oxygen atoms in total. The topological polar surface area (TPSA) is 182 Å². The lowest BCUT2D eigenvalue weighted by Gasteiger charge is -2.29. The fourth-order valence-electron chi connectivity index (χ4n) is 3.18. The van der Waals surface area contributed by atoms with Crippen molar-refractivity contribution in [2.75, 3.05) is 11.1 Å². The highest BCUT2D eigenvalue weighted by molar-refractivity contribution is 7.91. The van der Waals surface area contributed by atoms with Gasteiger partial charge in [-0.3, -0.25) is 14.6 Å². The van der Waals surface area contributed by atoms with Crippen LogP contribution in [0.25, 0.3) is 5.69 Å². The average Bonchev–Trinajstić information content (AvgIpc) is 3.24. The molecule has 0 saturated carbocycles. The molecule has 0 spiro atoms. The number of anilines is 2. The second-order valence-corrected chi connectivity index (χ2v) is 9.81. The molecule has 0 saturated heterocycles. The van der Waals surface area contributed by atoms with Gasteiger partial charge in [-0.05, 0) is 18.2 Å². The Bertz CT molecular complexity index is 1530. The normalized spacial score (nSPS) is 18.2. The lowest BCUT2D eigenvalue weighted by atomic mass is 9.93. The van der Waals surface area contributed by atoms with Gasteiger partial charge in [-0.2, -0.15) is 17.9 Å². The number of hydrogen-bond acceptors (Lipinski definition) is 9. The highest BCUT2D eigenvalue weighted by atomic mass is 35.5. The summed E-state index contributed by atoms with van der Waals surface area (Å²) in [5.41, 5.74) is -3.19. The van der Waals surface area contributed by atoms with E-state index in [1.807, 2.05) is 0 Å². The first-order chi connectivity index (χ1) is 15.3. The van der Waals surface area contributed by atoms with E-state index in [0.29, 0.717) is 4.57 Å². The summed E-state index contributed by atoms with van der Waals surface area (Å²) < 4.78 is 69.2. The van der Waals surface area contributed by atoms with Gasteiger partial charge in [0.15, 0.2) is 0 Å². The van der Waals surface area contributed by atoms with Crippen molar-refractivity contribution in [3.05, 3.63) is 55.7 Å². The first-order valence-corrected chi connectivity index (χ1v) is 11.1. The van der Waals surface area contributed by atoms with Crippen molar-refractivity contribution < 1.29 is 26.4 Å². The number of alkyl halides is 3. The van der Waals surface area contributed by atoms with Crippen molar-refractivity contribution in [2.45, 2.75) is 16.1 Å². The molecule has 0 fully saturated rings. The van der Waals surface area contributed by atoms with Crippen LogP contribution in [0.5, 0.6) is 0 Å². The molecule has 33 heavy (non-hydrogen) atoms. The zero-order valence-electron chi connectivity index (χ0n) is 15.6. The number of hydrogen-bond donors (Lipinski definition) is 4. The Morgan fingerprint density at radius 2 is 1.91 bits per heavy atom. The number of halogens is 4. The fourth-order valence-corrected chi connectivity index (χ4v) is 5.47. The van der Waals surface area contributed by atoms with E-state index in [9.17, 15) is 36.0 Å². The van der Waals surface area contributed by atoms with Crippen LogP contribution in [-0.4, -0.2) is 40.2 Å². The minimum absolute atomic E-state index is 0.0836. The van der Waals surface area contributed by atoms with E-state index in [4.69, 9.17) is 17.3 Å². The molecule has 0 bridgehead atoms. The van der Waals surface area contributed by atoms with Gasteiger partial charge in [-0.25, -0.2) is 17.8 Å². The van der Waals surface area contributed by atoms with E-state index in [0.717, 1.165) is 0 Å². The Kier molecular flexibility index (Phi) is 5.11. The van der Waals surface area contributed by atoms with Crippen LogP contribution in [0.2, 0.25) is 5.02 Å². The van der Waals surface area contributed by atoms with E-state index in [2.05, 4.69) is 10.2 Å². The van der Waals surface area contributed by atoms with Crippen molar-refractivity contribution >= 4 is 49.8 Å². The number of fused-ring (bicyclic) bond motifs is 1. The number of sulfonamides is 1. The Balaban J connectivity index is 2.04. The number of benzene rings is 1. The number of carbonyl (C=O) groups excluding carboxylic acids is 1. The van der Waals surface area contributed by atoms with Crippen molar-refractivity contribution in [1.29, 1.82) is 0 Å². The third-order valence-corrected chi connectivity index (χ3v) is 7.30. The second kappa shape index (κ2) is 7.37. The lowest BCUT2D eigenvalue weighted by Crippen LogP contribution is -2.61. The Hall–Kier alpha value is -3.28. The largest absolute Gasteiger partial charge is 0.421 e. The molecule has 1 amide bonds. The standard InChI is InChI=1S/C15H9ClF3N7O5S2/c16-5-2-1-3-6(4-5)26-8-7(9(27)22-12(26)29)14(10(28)21-8,15(17,18)19)25-33(30,31)13-24-23-11(20)32-13/h1-4,25H,(H2,20,23)(H,21,28)(H,22,27,29). The maximum absolute atomic E-state index is 14.4. The average molecular weight is 524 g/mol. The van der Waals surface area contributed by atoms with Crippen LogP contribution in [0.4, 0.5) is 24.1 Å². The fraction of sp³-hybridized carbons (Fsp3) is 0.133. The first-order valence-electron chi connectivity index (χ1n) is 8.45. The van der Waals surface area contributed by atoms with Crippen LogP contribution < -0.4 is 27.0 Å². The number of nitrogens with one attached hydrogen (secondary N) is 3. The molecule has 2 aromatic heterocycles. The lowest BCUT2D eigenvalue weighted by molar-refractivity contribution is -0.194. The molecule has 3 heterocycles. The quantitative estimate of drug-likeness (QED) is 0.376. The smallest absolute Gasteiger partial charge is 0.374 e. The molecule has 4 rings (SSSR count). The van der Waals surface area contributed by atoms with E-state index in [1.54, 1.807) is 10.3 Å². The number of rotatable bonds is 4. The summed E-state index contributed by atoms with van der Waals surface area (Å²) >= 11 is 6.10. The van der Waals surface area contributed by atoms with Gasteiger partial charge in [-0.15, -0.1) is 10.2 Å². The van der Waals surface area contributed by atoms with Crippen LogP contribution in [0.15, 0.2) is 38.2 Å². The van der Waals surface area contributed by atoms with Crippen LogP contribution in [0, 0.1) is 0 Å². The minimum Gasteiger partial charge on any atom is -0.374 e. The van der Waals surface area contributed by atoms with Crippen LogP contribution in [-0.2, 0) is 20.4 Å². The van der Waals surface area contributed by atoms with Crippen LogP contribution >= 0.6 is 22.9 Å². The Morgan fingerprint density at radius 1 is 1.21 bits per heavy atom. The molecule has 18 heteroatoms. The number of amides is 1. The van der Waals surface area contributed by atoms with Gasteiger partial charge in [0.2, 0.25) is 15.0 Å². The predicted octanol–water partition coefficient (Wildman–Crippen LogP) is 0.301. The summed E-state index contributed by atoms with van der Waals surface area (Å²) in [6.07, 6.45) is -5.69. The molecular formula is C15H9ClF3N7O5S2. The zero-order valence-corrected chi connectivity index (χ0v) is 18.0. The third kappa shape index (κ3) is 3.48. The van der Waals surface area contributed by atoms with Crippen molar-refractivity contribution in [3.63, 3.8) is 0 Å². The monoisotopic (exact) mass is 523 g/mol. The highest BCUT2D eigenvalue weighted by Gasteiger charge is 2.69. The molecule has 1 unspecified atom stereocenters. The number of nitrogen functional groups attached to an aromatic ring is 1. The molecule has 1 atom stereocenters. The molecule has 1 aromatic carbocycles. The molecule has 1 aliphatic rings. The Labute approximate surface area is 189 Å². The molecule has 5 N–H and O–H groups in total. The summed E-state index contributed by atoms with van der Waals surface area (Å²) in [6, 6.07) is 5.20. The molecular weight excluding hydrogens is 515 g/mol. The van der Waals surface area contributed by atoms with Gasteiger partial charge in [-0.1, -0.05) is 29.0 Å². The number of aromatic amines is 1. The Morgan fingerprint density at radius 3 is 2.48 bits per heavy atom. The molecule has 1 aliphatic heterocycles. The van der Waals surface area contributed by atoms with E-state index in [-0.39, 0.29) is 27.2 Å². The summed E-state index contributed by atoms with van der Waals surface area (Å²) in [7, 11) is -5.18. The van der Waals surface area contributed by atoms with E-state index < -0.39 is 54.6 Å². The number of carbonyl (C=O) groups is 1. The number of nitrogens with zero attached hydrogens (tertiary/aromatic N) is 3.